The maximum absolute atomic E-state index is 12.3. The average molecular weight is 371 g/mol. The highest BCUT2D eigenvalue weighted by Crippen LogP contribution is 2.38. The third-order valence-corrected chi connectivity index (χ3v) is 6.28. The van der Waals surface area contributed by atoms with Gasteiger partial charge in [-0.05, 0) is 38.2 Å². The highest BCUT2D eigenvalue weighted by Gasteiger charge is 2.28. The predicted molar refractivity (Wildman–Crippen MR) is 94.4 cm³/mol. The van der Waals surface area contributed by atoms with E-state index < -0.39 is 27.5 Å². The van der Waals surface area contributed by atoms with Crippen LogP contribution < -0.4 is 5.32 Å². The SMILES string of the molecule is C=CCS(=O)(=O)CC(=O)Nc1sc2c(c1C(=O)OCC)CCCC2. The van der Waals surface area contributed by atoms with Crippen LogP contribution in [0.5, 0.6) is 0 Å². The molecule has 24 heavy (non-hydrogen) atoms. The molecule has 1 aromatic rings. The van der Waals surface area contributed by atoms with E-state index in [1.807, 2.05) is 0 Å². The number of esters is 1. The second-order valence-corrected chi connectivity index (χ2v) is 8.74. The number of nitrogens with one attached hydrogen (secondary N) is 1. The number of hydrogen-bond acceptors (Lipinski definition) is 6. The second kappa shape index (κ2) is 7.94. The van der Waals surface area contributed by atoms with Crippen molar-refractivity contribution in [3.63, 3.8) is 0 Å². The lowest BCUT2D eigenvalue weighted by molar-refractivity contribution is -0.113. The highest BCUT2D eigenvalue weighted by molar-refractivity contribution is 7.92. The van der Waals surface area contributed by atoms with Crippen molar-refractivity contribution in [3.05, 3.63) is 28.7 Å². The van der Waals surface area contributed by atoms with Crippen LogP contribution in [-0.2, 0) is 32.2 Å². The summed E-state index contributed by atoms with van der Waals surface area (Å²) in [6.07, 6.45) is 4.90. The Hall–Kier alpha value is -1.67. The summed E-state index contributed by atoms with van der Waals surface area (Å²) in [6.45, 7) is 5.33. The molecule has 0 aliphatic heterocycles. The molecule has 1 amide bonds. The Balaban J connectivity index is 2.26. The summed E-state index contributed by atoms with van der Waals surface area (Å²) in [4.78, 5) is 25.4. The van der Waals surface area contributed by atoms with Gasteiger partial charge in [-0.1, -0.05) is 6.08 Å². The van der Waals surface area contributed by atoms with E-state index in [4.69, 9.17) is 4.74 Å². The second-order valence-electron chi connectivity index (χ2n) is 5.53. The Morgan fingerprint density at radius 2 is 2.04 bits per heavy atom. The van der Waals surface area contributed by atoms with E-state index in [-0.39, 0.29) is 12.4 Å². The number of amides is 1. The Labute approximate surface area is 145 Å². The first-order valence-electron chi connectivity index (χ1n) is 7.80. The fourth-order valence-corrected chi connectivity index (χ4v) is 4.92. The van der Waals surface area contributed by atoms with E-state index in [1.165, 1.54) is 17.4 Å². The van der Waals surface area contributed by atoms with E-state index in [9.17, 15) is 18.0 Å². The molecule has 1 aliphatic rings. The summed E-state index contributed by atoms with van der Waals surface area (Å²) in [6, 6.07) is 0. The summed E-state index contributed by atoms with van der Waals surface area (Å²) in [5.41, 5.74) is 1.31. The first-order chi connectivity index (χ1) is 11.4. The normalized spacial score (nSPS) is 13.9. The van der Waals surface area contributed by atoms with Gasteiger partial charge in [-0.3, -0.25) is 4.79 Å². The summed E-state index contributed by atoms with van der Waals surface area (Å²) in [7, 11) is -3.54. The lowest BCUT2D eigenvalue weighted by atomic mass is 9.95. The zero-order valence-electron chi connectivity index (χ0n) is 13.6. The molecule has 1 aromatic heterocycles. The van der Waals surface area contributed by atoms with Gasteiger partial charge in [0, 0.05) is 4.88 Å². The number of sulfone groups is 1. The van der Waals surface area contributed by atoms with Gasteiger partial charge >= 0.3 is 5.97 Å². The quantitative estimate of drug-likeness (QED) is 0.587. The molecule has 6 nitrogen and oxygen atoms in total. The minimum absolute atomic E-state index is 0.241. The minimum Gasteiger partial charge on any atom is -0.462 e. The van der Waals surface area contributed by atoms with E-state index in [0.29, 0.717) is 10.6 Å². The Kier molecular flexibility index (Phi) is 6.17. The monoisotopic (exact) mass is 371 g/mol. The fourth-order valence-electron chi connectivity index (χ4n) is 2.67. The van der Waals surface area contributed by atoms with Crippen LogP contribution in [0.15, 0.2) is 12.7 Å². The molecular formula is C16H21NO5S2. The number of carbonyl (C=O) groups is 2. The molecule has 1 aliphatic carbocycles. The number of anilines is 1. The van der Waals surface area contributed by atoms with Gasteiger partial charge in [0.25, 0.3) is 0 Å². The number of thiophene rings is 1. The average Bonchev–Trinajstić information content (AvgIpc) is 2.84. The van der Waals surface area contributed by atoms with Crippen LogP contribution in [0, 0.1) is 0 Å². The van der Waals surface area contributed by atoms with Crippen molar-refractivity contribution < 1.29 is 22.7 Å². The molecule has 2 rings (SSSR count). The number of carbonyl (C=O) groups excluding carboxylic acids is 2. The van der Waals surface area contributed by atoms with E-state index in [2.05, 4.69) is 11.9 Å². The van der Waals surface area contributed by atoms with Gasteiger partial charge in [0.15, 0.2) is 9.84 Å². The van der Waals surface area contributed by atoms with Crippen molar-refractivity contribution in [1.29, 1.82) is 0 Å². The van der Waals surface area contributed by atoms with E-state index in [1.54, 1.807) is 6.92 Å². The summed E-state index contributed by atoms with van der Waals surface area (Å²) in [5, 5.41) is 2.97. The van der Waals surface area contributed by atoms with Crippen molar-refractivity contribution in [1.82, 2.24) is 0 Å². The first-order valence-corrected chi connectivity index (χ1v) is 10.4. The number of rotatable bonds is 7. The van der Waals surface area contributed by atoms with Crippen LogP contribution in [0.1, 0.15) is 40.6 Å². The third kappa shape index (κ3) is 4.45. The summed E-state index contributed by atoms with van der Waals surface area (Å²) in [5.74, 6) is -2.02. The van der Waals surface area contributed by atoms with Crippen LogP contribution in [0.2, 0.25) is 0 Å². The van der Waals surface area contributed by atoms with Gasteiger partial charge in [-0.15, -0.1) is 17.9 Å². The molecule has 0 unspecified atom stereocenters. The topological polar surface area (TPSA) is 89.5 Å². The minimum atomic E-state index is -3.54. The van der Waals surface area contributed by atoms with Crippen molar-refractivity contribution in [2.45, 2.75) is 32.6 Å². The maximum atomic E-state index is 12.3. The van der Waals surface area contributed by atoms with Crippen LogP contribution in [0.25, 0.3) is 0 Å². The molecule has 0 saturated carbocycles. The largest absolute Gasteiger partial charge is 0.462 e. The molecule has 0 atom stereocenters. The third-order valence-electron chi connectivity index (χ3n) is 3.63. The lowest BCUT2D eigenvalue weighted by Gasteiger charge is -2.12. The van der Waals surface area contributed by atoms with E-state index >= 15 is 0 Å². The summed E-state index contributed by atoms with van der Waals surface area (Å²) >= 11 is 1.34. The molecular weight excluding hydrogens is 350 g/mol. The number of hydrogen-bond donors (Lipinski definition) is 1. The van der Waals surface area contributed by atoms with Gasteiger partial charge in [0.1, 0.15) is 10.8 Å². The zero-order valence-corrected chi connectivity index (χ0v) is 15.2. The van der Waals surface area contributed by atoms with E-state index in [0.717, 1.165) is 36.1 Å². The van der Waals surface area contributed by atoms with Crippen LogP contribution in [-0.4, -0.2) is 38.4 Å². The molecule has 0 radical (unpaired) electrons. The van der Waals surface area contributed by atoms with Gasteiger partial charge in [-0.25, -0.2) is 13.2 Å². The molecule has 1 heterocycles. The van der Waals surface area contributed by atoms with Crippen molar-refractivity contribution in [2.24, 2.45) is 0 Å². The Morgan fingerprint density at radius 1 is 1.33 bits per heavy atom. The molecule has 0 fully saturated rings. The standard InChI is InChI=1S/C16H21NO5S2/c1-3-9-24(20,21)10-13(18)17-15-14(16(19)22-4-2)11-7-5-6-8-12(11)23-15/h3H,1,4-10H2,2H3,(H,17,18). The highest BCUT2D eigenvalue weighted by atomic mass is 32.2. The Bertz CT molecular complexity index is 749. The van der Waals surface area contributed by atoms with Gasteiger partial charge in [0.2, 0.25) is 5.91 Å². The zero-order chi connectivity index (χ0) is 17.7. The van der Waals surface area contributed by atoms with Gasteiger partial charge in [0.05, 0.1) is 17.9 Å². The molecule has 0 aromatic carbocycles. The lowest BCUT2D eigenvalue weighted by Crippen LogP contribution is -2.24. The van der Waals surface area contributed by atoms with Gasteiger partial charge in [-0.2, -0.15) is 0 Å². The van der Waals surface area contributed by atoms with Gasteiger partial charge < -0.3 is 10.1 Å². The molecule has 1 N–H and O–H groups in total. The fraction of sp³-hybridized carbons (Fsp3) is 0.500. The molecule has 0 spiro atoms. The van der Waals surface area contributed by atoms with Crippen LogP contribution in [0.4, 0.5) is 5.00 Å². The smallest absolute Gasteiger partial charge is 0.341 e. The van der Waals surface area contributed by atoms with Crippen molar-refractivity contribution >= 4 is 38.1 Å². The maximum Gasteiger partial charge on any atom is 0.341 e. The predicted octanol–water partition coefficient (Wildman–Crippen LogP) is 2.34. The number of ether oxygens (including phenoxy) is 1. The molecule has 0 bridgehead atoms. The Morgan fingerprint density at radius 3 is 2.71 bits per heavy atom. The number of aryl methyl sites for hydroxylation is 1. The first kappa shape index (κ1) is 18.7. The van der Waals surface area contributed by atoms with Crippen molar-refractivity contribution in [2.75, 3.05) is 23.4 Å². The summed E-state index contributed by atoms with van der Waals surface area (Å²) < 4.78 is 28.6. The molecule has 8 heteroatoms. The molecule has 0 saturated heterocycles. The van der Waals surface area contributed by atoms with Crippen LogP contribution in [0.3, 0.4) is 0 Å². The van der Waals surface area contributed by atoms with Crippen molar-refractivity contribution in [3.8, 4) is 0 Å². The van der Waals surface area contributed by atoms with Crippen LogP contribution >= 0.6 is 11.3 Å². The number of fused-ring (bicyclic) bond motifs is 1. The molecule has 132 valence electrons.